The number of rotatable bonds is 11. The number of fused-ring (bicyclic) bond motifs is 2. The lowest BCUT2D eigenvalue weighted by atomic mass is 10.0. The Hall–Kier alpha value is -7.73. The summed E-state index contributed by atoms with van der Waals surface area (Å²) in [6.45, 7) is 4.26. The van der Waals surface area contributed by atoms with Gasteiger partial charge in [0.05, 0.1) is 34.1 Å². The van der Waals surface area contributed by atoms with Crippen molar-refractivity contribution in [3.63, 3.8) is 0 Å². The van der Waals surface area contributed by atoms with Gasteiger partial charge in [-0.2, -0.15) is 18.3 Å². The highest BCUT2D eigenvalue weighted by Crippen LogP contribution is 2.38. The molecule has 0 bridgehead atoms. The second-order valence-corrected chi connectivity index (χ2v) is 17.2. The highest BCUT2D eigenvalue weighted by Gasteiger charge is 2.39. The molecule has 15 nitrogen and oxygen atoms in total. The van der Waals surface area contributed by atoms with E-state index in [1.54, 1.807) is 29.3 Å². The van der Waals surface area contributed by atoms with Gasteiger partial charge in [0, 0.05) is 61.2 Å². The first kappa shape index (κ1) is 45.4. The fraction of sp³-hybridized carbons (Fsp3) is 0.245. The van der Waals surface area contributed by atoms with Crippen molar-refractivity contribution in [1.82, 2.24) is 35.2 Å². The summed E-state index contributed by atoms with van der Waals surface area (Å²) in [7, 11) is 0. The van der Waals surface area contributed by atoms with Gasteiger partial charge in [0.1, 0.15) is 29.1 Å². The number of alkyl halides is 3. The van der Waals surface area contributed by atoms with Crippen LogP contribution in [0.25, 0.3) is 22.2 Å². The lowest BCUT2D eigenvalue weighted by Crippen LogP contribution is -2.52. The molecule has 68 heavy (non-hydrogen) atoms. The molecule has 2 saturated heterocycles. The Labute approximate surface area is 392 Å². The molecular formula is C49H43ClF3N9O6. The van der Waals surface area contributed by atoms with Gasteiger partial charge in [-0.15, -0.1) is 0 Å². The van der Waals surface area contributed by atoms with E-state index in [-0.39, 0.29) is 61.5 Å². The predicted octanol–water partition coefficient (Wildman–Crippen LogP) is 8.04. The van der Waals surface area contributed by atoms with Crippen LogP contribution in [0.4, 0.5) is 29.5 Å². The summed E-state index contributed by atoms with van der Waals surface area (Å²) in [6, 6.07) is 24.6. The molecule has 5 heterocycles. The number of amides is 6. The number of pyridine rings is 1. The Morgan fingerprint density at radius 1 is 0.971 bits per heavy atom. The molecule has 3 aliphatic heterocycles. The summed E-state index contributed by atoms with van der Waals surface area (Å²) in [6.07, 6.45) is -1.60. The average Bonchev–Trinajstić information content (AvgIpc) is 3.88. The zero-order valence-electron chi connectivity index (χ0n) is 36.3. The van der Waals surface area contributed by atoms with Crippen LogP contribution in [0.5, 0.6) is 11.5 Å². The van der Waals surface area contributed by atoms with E-state index in [4.69, 9.17) is 27.2 Å². The quantitative estimate of drug-likeness (QED) is 0.0854. The van der Waals surface area contributed by atoms with Crippen LogP contribution < -0.4 is 26.0 Å². The molecule has 19 heteroatoms. The summed E-state index contributed by atoms with van der Waals surface area (Å²) in [5, 5.41) is 10.1. The molecule has 2 atom stereocenters. The van der Waals surface area contributed by atoms with Crippen molar-refractivity contribution in [2.45, 2.75) is 57.0 Å². The van der Waals surface area contributed by atoms with E-state index < -0.39 is 53.1 Å². The van der Waals surface area contributed by atoms with Crippen LogP contribution in [0.3, 0.4) is 0 Å². The monoisotopic (exact) mass is 945 g/mol. The van der Waals surface area contributed by atoms with Crippen LogP contribution in [0, 0.1) is 0 Å². The number of para-hydroxylation sites is 1. The summed E-state index contributed by atoms with van der Waals surface area (Å²) < 4.78 is 49.1. The third-order valence-electron chi connectivity index (χ3n) is 12.3. The number of benzene rings is 4. The number of hydrogen-bond donors (Lipinski definition) is 3. The fourth-order valence-electron chi connectivity index (χ4n) is 8.91. The Morgan fingerprint density at radius 3 is 2.47 bits per heavy atom. The van der Waals surface area contributed by atoms with E-state index in [9.17, 15) is 37.1 Å². The molecule has 3 aliphatic rings. The van der Waals surface area contributed by atoms with E-state index in [0.717, 1.165) is 34.2 Å². The molecule has 0 radical (unpaired) electrons. The number of imide groups is 1. The second-order valence-electron chi connectivity index (χ2n) is 16.8. The maximum absolute atomic E-state index is 14.3. The molecule has 0 aliphatic carbocycles. The first-order chi connectivity index (χ1) is 32.6. The maximum Gasteiger partial charge on any atom is 0.417 e. The van der Waals surface area contributed by atoms with Crippen molar-refractivity contribution in [2.24, 2.45) is 0 Å². The molecule has 4 N–H and O–H groups in total. The molecule has 6 amide bonds. The number of carbonyl (C=O) groups is 5. The molecule has 348 valence electrons. The number of nitrogens with zero attached hydrogens (tertiary/aromatic N) is 6. The van der Waals surface area contributed by atoms with Gasteiger partial charge < -0.3 is 25.6 Å². The van der Waals surface area contributed by atoms with Crippen molar-refractivity contribution in [3.05, 3.63) is 143 Å². The molecule has 2 aromatic heterocycles. The first-order valence-corrected chi connectivity index (χ1v) is 22.1. The van der Waals surface area contributed by atoms with E-state index in [1.165, 1.54) is 4.90 Å². The van der Waals surface area contributed by atoms with Crippen LogP contribution in [-0.4, -0.2) is 79.9 Å². The smallest absolute Gasteiger partial charge is 0.417 e. The number of nitrogens with two attached hydrogens (primary N) is 1. The van der Waals surface area contributed by atoms with Gasteiger partial charge in [-0.3, -0.25) is 34.1 Å². The maximum atomic E-state index is 14.3. The standard InChI is InChI=1S/C49H43ClF3N9O6/c1-28(46(65)59-21-5-6-33(27-59)62-39-19-20-55-44(54)42(39)43(58-62)30-10-13-35(14-11-30)68-34-7-3-2-4-8-34)25-60(32-12-16-37(38(50)23-32)49(51,52)53)48(67)56-24-29-9-15-36-31(22-29)26-61(47(36)66)40-17-18-41(63)57-45(40)64/h2-4,7-16,19-20,22-23,33,40H,1,5-6,17-18,21,24-27H2,(H2,54,55)(H,56,67)(H,57,63,64)/t33-,40?/m1/s1. The molecule has 9 rings (SSSR count). The number of halogens is 4. The molecular weight excluding hydrogens is 903 g/mol. The van der Waals surface area contributed by atoms with Gasteiger partial charge in [-0.05, 0) is 97.1 Å². The lowest BCUT2D eigenvalue weighted by molar-refractivity contribution is -0.138. The SMILES string of the molecule is C=C(CN(C(=O)NCc1ccc2c(c1)CN(C1CCC(=O)NC1=O)C2=O)c1ccc(C(F)(F)F)c(Cl)c1)C(=O)N1CCC[C@@H](n2nc(-c3ccc(Oc4ccccc4)cc3)c3c(N)nccc32)C1. The van der Waals surface area contributed by atoms with Gasteiger partial charge in [0.2, 0.25) is 11.8 Å². The minimum atomic E-state index is -4.76. The van der Waals surface area contributed by atoms with E-state index in [2.05, 4.69) is 22.2 Å². The zero-order chi connectivity index (χ0) is 47.9. The Balaban J connectivity index is 0.915. The summed E-state index contributed by atoms with van der Waals surface area (Å²) in [5.74, 6) is -0.167. The molecule has 0 saturated carbocycles. The highest BCUT2D eigenvalue weighted by atomic mass is 35.5. The van der Waals surface area contributed by atoms with Gasteiger partial charge in [-0.25, -0.2) is 9.78 Å². The van der Waals surface area contributed by atoms with Crippen LogP contribution in [-0.2, 0) is 33.6 Å². The van der Waals surface area contributed by atoms with Crippen molar-refractivity contribution >= 4 is 63.7 Å². The average molecular weight is 946 g/mol. The van der Waals surface area contributed by atoms with Crippen molar-refractivity contribution in [3.8, 4) is 22.8 Å². The number of hydrogen-bond acceptors (Lipinski definition) is 9. The topological polar surface area (TPSA) is 185 Å². The normalized spacial score (nSPS) is 17.2. The fourth-order valence-corrected chi connectivity index (χ4v) is 9.19. The number of nitrogens with one attached hydrogen (secondary N) is 2. The second kappa shape index (κ2) is 18.5. The van der Waals surface area contributed by atoms with Crippen LogP contribution in [0.2, 0.25) is 5.02 Å². The largest absolute Gasteiger partial charge is 0.457 e. The molecule has 2 fully saturated rings. The number of piperidine rings is 2. The Bertz CT molecular complexity index is 3000. The number of carbonyl (C=O) groups excluding carboxylic acids is 5. The molecule has 6 aromatic rings. The number of urea groups is 1. The third-order valence-corrected chi connectivity index (χ3v) is 12.6. The minimum Gasteiger partial charge on any atom is -0.457 e. The molecule has 0 spiro atoms. The lowest BCUT2D eigenvalue weighted by Gasteiger charge is -2.34. The third kappa shape index (κ3) is 9.18. The predicted molar refractivity (Wildman–Crippen MR) is 246 cm³/mol. The van der Waals surface area contributed by atoms with Crippen LogP contribution in [0.15, 0.2) is 115 Å². The number of likely N-dealkylation sites (tertiary alicyclic amines) is 1. The molecule has 1 unspecified atom stereocenters. The van der Waals surface area contributed by atoms with Gasteiger partial charge in [0.25, 0.3) is 11.8 Å². The summed E-state index contributed by atoms with van der Waals surface area (Å²) in [5.41, 5.74) is 8.99. The van der Waals surface area contributed by atoms with Crippen molar-refractivity contribution < 1.29 is 41.9 Å². The number of aromatic nitrogens is 3. The van der Waals surface area contributed by atoms with Gasteiger partial charge in [-0.1, -0.05) is 48.5 Å². The van der Waals surface area contributed by atoms with E-state index >= 15 is 0 Å². The van der Waals surface area contributed by atoms with E-state index in [1.807, 2.05) is 65.3 Å². The molecule has 4 aromatic carbocycles. The number of ether oxygens (including phenoxy) is 1. The van der Waals surface area contributed by atoms with Crippen LogP contribution in [0.1, 0.15) is 58.8 Å². The number of anilines is 2. The van der Waals surface area contributed by atoms with Crippen molar-refractivity contribution in [1.29, 1.82) is 0 Å². The highest BCUT2D eigenvalue weighted by molar-refractivity contribution is 6.31. The van der Waals surface area contributed by atoms with Crippen LogP contribution >= 0.6 is 11.6 Å². The van der Waals surface area contributed by atoms with E-state index in [0.29, 0.717) is 58.7 Å². The zero-order valence-corrected chi connectivity index (χ0v) is 37.0. The summed E-state index contributed by atoms with van der Waals surface area (Å²) in [4.78, 5) is 74.3. The van der Waals surface area contributed by atoms with Gasteiger partial charge >= 0.3 is 12.2 Å². The Morgan fingerprint density at radius 2 is 1.74 bits per heavy atom. The summed E-state index contributed by atoms with van der Waals surface area (Å²) >= 11 is 6.13. The Kier molecular flexibility index (Phi) is 12.4. The first-order valence-electron chi connectivity index (χ1n) is 21.7. The van der Waals surface area contributed by atoms with Crippen molar-refractivity contribution in [2.75, 3.05) is 30.3 Å². The van der Waals surface area contributed by atoms with Gasteiger partial charge in [0.15, 0.2) is 0 Å². The minimum absolute atomic E-state index is 0.0151. The number of nitrogen functional groups attached to an aromatic ring is 1.